The van der Waals surface area contributed by atoms with E-state index in [4.69, 9.17) is 4.74 Å². The lowest BCUT2D eigenvalue weighted by Gasteiger charge is -2.12. The molecule has 0 saturated carbocycles. The highest BCUT2D eigenvalue weighted by Crippen LogP contribution is 2.13. The molecular formula is C11H19N5O. The van der Waals surface area contributed by atoms with Crippen molar-refractivity contribution in [3.05, 3.63) is 12.7 Å². The smallest absolute Gasteiger partial charge is 0.323 e. The zero-order chi connectivity index (χ0) is 12.7. The third kappa shape index (κ3) is 4.26. The molecule has 0 fully saturated rings. The van der Waals surface area contributed by atoms with Gasteiger partial charge in [-0.05, 0) is 13.3 Å². The molecule has 17 heavy (non-hydrogen) atoms. The number of hydrogen-bond acceptors (Lipinski definition) is 6. The minimum Gasteiger partial charge on any atom is -0.463 e. The van der Waals surface area contributed by atoms with Gasteiger partial charge in [-0.1, -0.05) is 6.08 Å². The summed E-state index contributed by atoms with van der Waals surface area (Å²) in [7, 11) is 3.75. The van der Waals surface area contributed by atoms with Gasteiger partial charge in [-0.15, -0.1) is 6.58 Å². The van der Waals surface area contributed by atoms with Crippen LogP contribution in [0, 0.1) is 0 Å². The molecule has 0 radical (unpaired) electrons. The molecule has 0 aromatic carbocycles. The SMILES string of the molecule is C=CCCOc1nc(NCC)nc(N(C)C)n1. The number of ether oxygens (including phenoxy) is 1. The number of hydrogen-bond donors (Lipinski definition) is 1. The molecular weight excluding hydrogens is 218 g/mol. The van der Waals surface area contributed by atoms with Gasteiger partial charge in [0.15, 0.2) is 0 Å². The minimum atomic E-state index is 0.335. The number of anilines is 2. The average molecular weight is 237 g/mol. The van der Waals surface area contributed by atoms with Crippen molar-refractivity contribution in [2.24, 2.45) is 0 Å². The third-order valence-corrected chi connectivity index (χ3v) is 1.89. The molecule has 1 rings (SSSR count). The monoisotopic (exact) mass is 237 g/mol. The lowest BCUT2D eigenvalue weighted by Crippen LogP contribution is -2.16. The molecule has 1 N–H and O–H groups in total. The van der Waals surface area contributed by atoms with Crippen molar-refractivity contribution in [2.75, 3.05) is 37.5 Å². The van der Waals surface area contributed by atoms with E-state index in [2.05, 4.69) is 26.8 Å². The molecule has 0 saturated heterocycles. The van der Waals surface area contributed by atoms with Gasteiger partial charge in [-0.2, -0.15) is 15.0 Å². The Morgan fingerprint density at radius 3 is 2.71 bits per heavy atom. The van der Waals surface area contributed by atoms with Crippen LogP contribution in [0.4, 0.5) is 11.9 Å². The maximum atomic E-state index is 5.42. The summed E-state index contributed by atoms with van der Waals surface area (Å²) in [6.45, 7) is 6.89. The van der Waals surface area contributed by atoms with Crippen LogP contribution < -0.4 is 15.0 Å². The molecule has 1 heterocycles. The normalized spacial score (nSPS) is 9.82. The van der Waals surface area contributed by atoms with Crippen LogP contribution in [0.1, 0.15) is 13.3 Å². The summed E-state index contributed by atoms with van der Waals surface area (Å²) < 4.78 is 5.42. The largest absolute Gasteiger partial charge is 0.463 e. The molecule has 0 aliphatic heterocycles. The Labute approximate surface area is 102 Å². The van der Waals surface area contributed by atoms with Gasteiger partial charge >= 0.3 is 6.01 Å². The van der Waals surface area contributed by atoms with Crippen LogP contribution >= 0.6 is 0 Å². The summed E-state index contributed by atoms with van der Waals surface area (Å²) in [5.74, 6) is 1.10. The van der Waals surface area contributed by atoms with Crippen molar-refractivity contribution in [2.45, 2.75) is 13.3 Å². The van der Waals surface area contributed by atoms with E-state index in [1.807, 2.05) is 25.9 Å². The van der Waals surface area contributed by atoms with E-state index in [9.17, 15) is 0 Å². The second-order valence-corrected chi connectivity index (χ2v) is 3.59. The average Bonchev–Trinajstić information content (AvgIpc) is 2.29. The summed E-state index contributed by atoms with van der Waals surface area (Å²) in [6.07, 6.45) is 2.55. The third-order valence-electron chi connectivity index (χ3n) is 1.89. The number of nitrogens with one attached hydrogen (secondary N) is 1. The fourth-order valence-electron chi connectivity index (χ4n) is 1.08. The minimum absolute atomic E-state index is 0.335. The molecule has 1 aromatic rings. The maximum Gasteiger partial charge on any atom is 0.323 e. The van der Waals surface area contributed by atoms with E-state index in [0.29, 0.717) is 24.5 Å². The molecule has 1 aromatic heterocycles. The van der Waals surface area contributed by atoms with Gasteiger partial charge in [-0.25, -0.2) is 0 Å². The van der Waals surface area contributed by atoms with Crippen LogP contribution in [-0.2, 0) is 0 Å². The lowest BCUT2D eigenvalue weighted by atomic mass is 10.5. The highest BCUT2D eigenvalue weighted by molar-refractivity contribution is 5.36. The van der Waals surface area contributed by atoms with Crippen molar-refractivity contribution in [3.8, 4) is 6.01 Å². The van der Waals surface area contributed by atoms with Crippen LogP contribution in [0.2, 0.25) is 0 Å². The molecule has 0 aliphatic rings. The summed E-state index contributed by atoms with van der Waals surface area (Å²) in [6, 6.07) is 0.335. The maximum absolute atomic E-state index is 5.42. The fraction of sp³-hybridized carbons (Fsp3) is 0.545. The topological polar surface area (TPSA) is 63.2 Å². The van der Waals surface area contributed by atoms with Gasteiger partial charge in [0.25, 0.3) is 0 Å². The molecule has 94 valence electrons. The summed E-state index contributed by atoms with van der Waals surface area (Å²) in [5, 5.41) is 3.04. The lowest BCUT2D eigenvalue weighted by molar-refractivity contribution is 0.298. The molecule has 6 nitrogen and oxygen atoms in total. The van der Waals surface area contributed by atoms with Crippen molar-refractivity contribution in [1.82, 2.24) is 15.0 Å². The Hall–Kier alpha value is -1.85. The van der Waals surface area contributed by atoms with Gasteiger partial charge < -0.3 is 15.0 Å². The number of rotatable bonds is 7. The first-order valence-electron chi connectivity index (χ1n) is 5.58. The predicted octanol–water partition coefficient (Wildman–Crippen LogP) is 1.32. The van der Waals surface area contributed by atoms with Crippen molar-refractivity contribution < 1.29 is 4.74 Å². The van der Waals surface area contributed by atoms with Crippen LogP contribution in [0.15, 0.2) is 12.7 Å². The molecule has 0 atom stereocenters. The van der Waals surface area contributed by atoms with Gasteiger partial charge in [-0.3, -0.25) is 0 Å². The summed E-state index contributed by atoms with van der Waals surface area (Å²) in [5.41, 5.74) is 0. The van der Waals surface area contributed by atoms with Crippen LogP contribution in [0.3, 0.4) is 0 Å². The van der Waals surface area contributed by atoms with Crippen LogP contribution in [0.25, 0.3) is 0 Å². The zero-order valence-corrected chi connectivity index (χ0v) is 10.6. The van der Waals surface area contributed by atoms with E-state index in [1.165, 1.54) is 0 Å². The molecule has 0 spiro atoms. The van der Waals surface area contributed by atoms with Crippen LogP contribution in [-0.4, -0.2) is 42.2 Å². The summed E-state index contributed by atoms with van der Waals surface area (Å²) in [4.78, 5) is 14.4. The molecule has 6 heteroatoms. The van der Waals surface area contributed by atoms with Crippen LogP contribution in [0.5, 0.6) is 6.01 Å². The first-order chi connectivity index (χ1) is 8.17. The van der Waals surface area contributed by atoms with E-state index in [-0.39, 0.29) is 0 Å². The van der Waals surface area contributed by atoms with Gasteiger partial charge in [0.2, 0.25) is 11.9 Å². The van der Waals surface area contributed by atoms with E-state index >= 15 is 0 Å². The zero-order valence-electron chi connectivity index (χ0n) is 10.6. The van der Waals surface area contributed by atoms with Crippen molar-refractivity contribution in [1.29, 1.82) is 0 Å². The molecule has 0 bridgehead atoms. The Morgan fingerprint density at radius 1 is 1.35 bits per heavy atom. The van der Waals surface area contributed by atoms with E-state index < -0.39 is 0 Å². The van der Waals surface area contributed by atoms with E-state index in [0.717, 1.165) is 13.0 Å². The second-order valence-electron chi connectivity index (χ2n) is 3.59. The molecule has 0 aliphatic carbocycles. The highest BCUT2D eigenvalue weighted by atomic mass is 16.5. The Bertz CT molecular complexity index is 367. The predicted molar refractivity (Wildman–Crippen MR) is 68.6 cm³/mol. The standard InChI is InChI=1S/C11H19N5O/c1-5-7-8-17-11-14-9(12-6-2)13-10(15-11)16(3)4/h5H,1,6-8H2,2-4H3,(H,12,13,14,15). The van der Waals surface area contributed by atoms with E-state index in [1.54, 1.807) is 6.08 Å². The second kappa shape index (κ2) is 6.67. The van der Waals surface area contributed by atoms with Gasteiger partial charge in [0.1, 0.15) is 0 Å². The Kier molecular flexibility index (Phi) is 5.19. The Morgan fingerprint density at radius 2 is 2.12 bits per heavy atom. The highest BCUT2D eigenvalue weighted by Gasteiger charge is 2.08. The van der Waals surface area contributed by atoms with Gasteiger partial charge in [0, 0.05) is 20.6 Å². The first-order valence-corrected chi connectivity index (χ1v) is 5.58. The number of nitrogens with zero attached hydrogens (tertiary/aromatic N) is 4. The van der Waals surface area contributed by atoms with Gasteiger partial charge in [0.05, 0.1) is 6.61 Å². The Balaban J connectivity index is 2.83. The van der Waals surface area contributed by atoms with Crippen molar-refractivity contribution in [3.63, 3.8) is 0 Å². The number of aromatic nitrogens is 3. The molecule has 0 amide bonds. The quantitative estimate of drug-likeness (QED) is 0.570. The fourth-order valence-corrected chi connectivity index (χ4v) is 1.08. The summed E-state index contributed by atoms with van der Waals surface area (Å²) >= 11 is 0. The molecule has 0 unspecified atom stereocenters. The first kappa shape index (κ1) is 13.2. The van der Waals surface area contributed by atoms with Crippen molar-refractivity contribution >= 4 is 11.9 Å².